The van der Waals surface area contributed by atoms with Gasteiger partial charge in [-0.2, -0.15) is 4.39 Å². The molecule has 0 radical (unpaired) electrons. The highest BCUT2D eigenvalue weighted by molar-refractivity contribution is 5.87. The molecule has 0 N–H and O–H groups in total. The van der Waals surface area contributed by atoms with Gasteiger partial charge in [0.05, 0.1) is 0 Å². The van der Waals surface area contributed by atoms with Crippen LogP contribution in [-0.4, -0.2) is 11.6 Å². The summed E-state index contributed by atoms with van der Waals surface area (Å²) >= 11 is 0. The number of halogens is 1. The van der Waals surface area contributed by atoms with Crippen LogP contribution in [0.1, 0.15) is 48.0 Å². The smallest absolute Gasteiger partial charge is 0.367 e. The third-order valence-corrected chi connectivity index (χ3v) is 1.67. The Morgan fingerprint density at radius 2 is 1.80 bits per heavy atom. The molecule has 0 saturated carbocycles. The molecular formula is C12H21FO2. The maximum absolute atomic E-state index is 13.5. The molecule has 2 nitrogen and oxygen atoms in total. The van der Waals surface area contributed by atoms with Crippen molar-refractivity contribution in [3.05, 3.63) is 11.4 Å². The molecule has 0 aromatic carbocycles. The minimum atomic E-state index is -0.861. The van der Waals surface area contributed by atoms with E-state index in [-0.39, 0.29) is 0 Å². The molecule has 0 fully saturated rings. The Balaban J connectivity index is 4.55. The molecular weight excluding hydrogens is 195 g/mol. The lowest BCUT2D eigenvalue weighted by Crippen LogP contribution is -2.24. The van der Waals surface area contributed by atoms with Gasteiger partial charge in [0.15, 0.2) is 0 Å². The van der Waals surface area contributed by atoms with Crippen LogP contribution >= 0.6 is 0 Å². The molecule has 15 heavy (non-hydrogen) atoms. The maximum Gasteiger partial charge on any atom is 0.367 e. The summed E-state index contributed by atoms with van der Waals surface area (Å²) in [5.74, 6) is -1.28. The van der Waals surface area contributed by atoms with E-state index in [1.807, 2.05) is 13.8 Å². The van der Waals surface area contributed by atoms with Crippen LogP contribution in [0.25, 0.3) is 0 Å². The van der Waals surface area contributed by atoms with Gasteiger partial charge < -0.3 is 4.74 Å². The highest BCUT2D eigenvalue weighted by Gasteiger charge is 2.21. The minimum absolute atomic E-state index is 0.332. The Hall–Kier alpha value is -0.860. The summed E-state index contributed by atoms with van der Waals surface area (Å²) in [5.41, 5.74) is -0.189. The van der Waals surface area contributed by atoms with Gasteiger partial charge in [0.25, 0.3) is 0 Å². The molecule has 3 heteroatoms. The molecule has 0 saturated heterocycles. The zero-order chi connectivity index (χ0) is 12.2. The number of ether oxygens (including phenoxy) is 1. The van der Waals surface area contributed by atoms with Crippen LogP contribution in [0.15, 0.2) is 11.4 Å². The zero-order valence-electron chi connectivity index (χ0n) is 10.5. The van der Waals surface area contributed by atoms with Crippen LogP contribution in [0.3, 0.4) is 0 Å². The van der Waals surface area contributed by atoms with Crippen molar-refractivity contribution in [2.75, 3.05) is 0 Å². The van der Waals surface area contributed by atoms with E-state index in [1.54, 1.807) is 27.7 Å². The molecule has 0 aliphatic carbocycles. The Labute approximate surface area is 91.5 Å². The van der Waals surface area contributed by atoms with Crippen LogP contribution < -0.4 is 0 Å². The van der Waals surface area contributed by atoms with E-state index < -0.39 is 17.4 Å². The largest absolute Gasteiger partial charge is 0.455 e. The molecule has 88 valence electrons. The third kappa shape index (κ3) is 6.26. The number of hydrogen-bond acceptors (Lipinski definition) is 2. The van der Waals surface area contributed by atoms with Gasteiger partial charge >= 0.3 is 5.97 Å². The predicted octanol–water partition coefficient (Wildman–Crippen LogP) is 3.62. The zero-order valence-corrected chi connectivity index (χ0v) is 10.5. The Morgan fingerprint density at radius 1 is 1.33 bits per heavy atom. The first-order chi connectivity index (χ1) is 6.63. The number of carbonyl (C=O) groups is 1. The number of rotatable bonds is 3. The van der Waals surface area contributed by atoms with E-state index in [0.29, 0.717) is 17.9 Å². The minimum Gasteiger partial charge on any atom is -0.455 e. The highest BCUT2D eigenvalue weighted by Crippen LogP contribution is 2.19. The van der Waals surface area contributed by atoms with Crippen LogP contribution in [0.2, 0.25) is 0 Å². The summed E-state index contributed by atoms with van der Waals surface area (Å²) in [5, 5.41) is 0. The molecule has 0 aromatic rings. The molecule has 0 heterocycles. The normalized spacial score (nSPS) is 13.9. The van der Waals surface area contributed by atoms with Crippen molar-refractivity contribution in [2.24, 2.45) is 5.92 Å². The van der Waals surface area contributed by atoms with Crippen molar-refractivity contribution in [3.8, 4) is 0 Å². The molecule has 0 aromatic heterocycles. The monoisotopic (exact) mass is 216 g/mol. The number of allylic oxidation sites excluding steroid dienone is 1. The van der Waals surface area contributed by atoms with Crippen molar-refractivity contribution in [2.45, 2.75) is 53.6 Å². The molecule has 0 amide bonds. The van der Waals surface area contributed by atoms with Crippen LogP contribution in [0.5, 0.6) is 0 Å². The second kappa shape index (κ2) is 5.29. The van der Waals surface area contributed by atoms with E-state index in [4.69, 9.17) is 4.74 Å². The Kier molecular flexibility index (Phi) is 4.98. The van der Waals surface area contributed by atoms with Crippen LogP contribution in [0, 0.1) is 5.92 Å². The summed E-state index contributed by atoms with van der Waals surface area (Å²) in [6, 6.07) is 0. The number of carbonyl (C=O) groups excluding carboxylic acids is 1. The molecule has 0 unspecified atom stereocenters. The summed E-state index contributed by atoms with van der Waals surface area (Å²) in [6.07, 6.45) is 0.574. The third-order valence-electron chi connectivity index (χ3n) is 1.67. The predicted molar refractivity (Wildman–Crippen MR) is 59.1 cm³/mol. The van der Waals surface area contributed by atoms with E-state index in [1.165, 1.54) is 0 Å². The topological polar surface area (TPSA) is 26.3 Å². The first-order valence-electron chi connectivity index (χ1n) is 5.22. The van der Waals surface area contributed by atoms with Crippen molar-refractivity contribution in [1.82, 2.24) is 0 Å². The van der Waals surface area contributed by atoms with Crippen molar-refractivity contribution in [3.63, 3.8) is 0 Å². The Bertz CT molecular complexity index is 259. The van der Waals surface area contributed by atoms with E-state index in [0.717, 1.165) is 0 Å². The van der Waals surface area contributed by atoms with Gasteiger partial charge in [-0.15, -0.1) is 0 Å². The highest BCUT2D eigenvalue weighted by atomic mass is 19.1. The molecule has 0 aliphatic rings. The van der Waals surface area contributed by atoms with Crippen molar-refractivity contribution < 1.29 is 13.9 Å². The van der Waals surface area contributed by atoms with Gasteiger partial charge in [0.1, 0.15) is 5.60 Å². The average molecular weight is 216 g/mol. The van der Waals surface area contributed by atoms with E-state index in [2.05, 4.69) is 0 Å². The molecule has 0 atom stereocenters. The van der Waals surface area contributed by atoms with Crippen LogP contribution in [0.4, 0.5) is 4.39 Å². The fourth-order valence-electron chi connectivity index (χ4n) is 1.20. The number of hydrogen-bond donors (Lipinski definition) is 0. The summed E-state index contributed by atoms with van der Waals surface area (Å²) in [7, 11) is 0. The average Bonchev–Trinajstić information content (AvgIpc) is 1.98. The van der Waals surface area contributed by atoms with Gasteiger partial charge in [0.2, 0.25) is 5.83 Å². The first-order valence-corrected chi connectivity index (χ1v) is 5.22. The fraction of sp³-hybridized carbons (Fsp3) is 0.750. The summed E-state index contributed by atoms with van der Waals surface area (Å²) in [4.78, 5) is 11.3. The van der Waals surface area contributed by atoms with E-state index >= 15 is 0 Å². The summed E-state index contributed by atoms with van der Waals surface area (Å²) < 4.78 is 18.4. The van der Waals surface area contributed by atoms with Crippen molar-refractivity contribution in [1.29, 1.82) is 0 Å². The van der Waals surface area contributed by atoms with Gasteiger partial charge in [-0.05, 0) is 45.6 Å². The second-order valence-electron chi connectivity index (χ2n) is 5.19. The van der Waals surface area contributed by atoms with E-state index in [9.17, 15) is 9.18 Å². The van der Waals surface area contributed by atoms with Gasteiger partial charge in [-0.3, -0.25) is 0 Å². The maximum atomic E-state index is 13.5. The number of esters is 1. The first kappa shape index (κ1) is 14.1. The molecule has 0 spiro atoms. The lowest BCUT2D eigenvalue weighted by atomic mass is 10.0. The fourth-order valence-corrected chi connectivity index (χ4v) is 1.20. The second-order valence-corrected chi connectivity index (χ2v) is 5.19. The van der Waals surface area contributed by atoms with Crippen LogP contribution in [-0.2, 0) is 9.53 Å². The van der Waals surface area contributed by atoms with Gasteiger partial charge in [-0.1, -0.05) is 13.8 Å². The van der Waals surface area contributed by atoms with Gasteiger partial charge in [-0.25, -0.2) is 4.79 Å². The Morgan fingerprint density at radius 3 is 2.13 bits per heavy atom. The standard InChI is InChI=1S/C12H21FO2/c1-8(2)7-9(3)10(13)11(14)15-12(4,5)6/h8H,7H2,1-6H3/b10-9-. The molecule has 0 bridgehead atoms. The molecule has 0 aliphatic heterocycles. The SMILES string of the molecule is C/C(CC(C)C)=C(/F)C(=O)OC(C)(C)C. The van der Waals surface area contributed by atoms with Gasteiger partial charge in [0, 0.05) is 0 Å². The lowest BCUT2D eigenvalue weighted by Gasteiger charge is -2.19. The lowest BCUT2D eigenvalue weighted by molar-refractivity contribution is -0.151. The summed E-state index contributed by atoms with van der Waals surface area (Å²) in [6.45, 7) is 10.7. The van der Waals surface area contributed by atoms with Crippen molar-refractivity contribution >= 4 is 5.97 Å². The quantitative estimate of drug-likeness (QED) is 0.532. The molecule has 0 rings (SSSR count).